The molecule has 1 radical (unpaired) electrons. The first-order valence-electron chi connectivity index (χ1n) is 21.3. The van der Waals surface area contributed by atoms with Crippen molar-refractivity contribution in [1.82, 2.24) is 19.5 Å². The number of aromatic nitrogens is 4. The smallest absolute Gasteiger partial charge is 0.216 e. The van der Waals surface area contributed by atoms with Gasteiger partial charge in [-0.2, -0.15) is 0 Å². The maximum Gasteiger partial charge on any atom is 0.216 e. The first-order valence-corrected chi connectivity index (χ1v) is 28.6. The zero-order chi connectivity index (χ0) is 43.5. The SMILES string of the molecule is CC(C)Cc1cc(-c2[c-]ccc(F)c2)nc[c]1[Ge]([CH3])([CH3])[CH3].Cc1cc(C)c(-n2c(-c3[c-]cc(C)c4c3oc3nc(C(C)(C)C)ccc34)nc3ccc4ccccc4c32)c(C)c1.[Ir]. The summed E-state index contributed by atoms with van der Waals surface area (Å²) in [4.78, 5) is 14.8. The third-order valence-electron chi connectivity index (χ3n) is 11.5. The third kappa shape index (κ3) is 8.69. The largest absolute Gasteiger partial charge is 0.486 e. The standard InChI is InChI=1S/C36H32N3O.C18H23FGeN.Ir/c1-20-18-22(3)31(23(4)19-20)39-32-25-11-9-8-10-24(25)13-16-28(32)37-34(39)27-14-12-21(2)30-26-15-17-29(36(5,6)7)38-35(26)40-33(27)30;1-13(2)9-15-11-18(14-7-6-8-16(19)10-14)21-12-17(15)20(3,4)5;/h8-13,15-19H,1-7H3;6,8,10-13H,9H2,1-5H3;/q2*-1;. The van der Waals surface area contributed by atoms with E-state index in [9.17, 15) is 4.39 Å². The number of pyridine rings is 2. The van der Waals surface area contributed by atoms with E-state index in [1.165, 1.54) is 49.6 Å². The van der Waals surface area contributed by atoms with Gasteiger partial charge >= 0.3 is 130 Å². The van der Waals surface area contributed by atoms with Gasteiger partial charge in [0.05, 0.1) is 22.4 Å². The molecule has 62 heavy (non-hydrogen) atoms. The normalized spacial score (nSPS) is 12.0. The molecule has 0 N–H and O–H groups in total. The molecule has 0 aliphatic heterocycles. The molecule has 0 saturated carbocycles. The van der Waals surface area contributed by atoms with Crippen molar-refractivity contribution < 1.29 is 28.9 Å². The van der Waals surface area contributed by atoms with E-state index in [-0.39, 0.29) is 31.3 Å². The second-order valence-electron chi connectivity index (χ2n) is 19.1. The predicted octanol–water partition coefficient (Wildman–Crippen LogP) is 13.9. The monoisotopic (exact) mass is 1060 g/mol. The Kier molecular flexibility index (Phi) is 12.6. The summed E-state index contributed by atoms with van der Waals surface area (Å²) in [5.74, 6) is 8.33. The Morgan fingerprint density at radius 1 is 0.823 bits per heavy atom. The Morgan fingerprint density at radius 2 is 1.55 bits per heavy atom. The molecule has 319 valence electrons. The summed E-state index contributed by atoms with van der Waals surface area (Å²) in [6.07, 6.45) is 3.06. The number of rotatable bonds is 6. The molecule has 0 aliphatic rings. The number of hydrogen-bond acceptors (Lipinski definition) is 4. The van der Waals surface area contributed by atoms with Crippen LogP contribution in [0.2, 0.25) is 17.3 Å². The van der Waals surface area contributed by atoms with Crippen molar-refractivity contribution in [3.63, 3.8) is 0 Å². The van der Waals surface area contributed by atoms with E-state index >= 15 is 0 Å². The molecule has 8 heteroatoms. The van der Waals surface area contributed by atoms with Gasteiger partial charge in [0, 0.05) is 47.7 Å². The van der Waals surface area contributed by atoms with Gasteiger partial charge in [-0.15, -0.1) is 17.7 Å². The molecule has 9 rings (SSSR count). The summed E-state index contributed by atoms with van der Waals surface area (Å²) in [7, 11) is 0. The topological polar surface area (TPSA) is 56.7 Å². The second-order valence-corrected chi connectivity index (χ2v) is 29.7. The fraction of sp³-hybridized carbons (Fsp3) is 0.278. The van der Waals surface area contributed by atoms with Crippen LogP contribution >= 0.6 is 0 Å². The van der Waals surface area contributed by atoms with Crippen molar-refractivity contribution in [2.24, 2.45) is 5.92 Å². The van der Waals surface area contributed by atoms with Crippen molar-refractivity contribution in [3.05, 3.63) is 149 Å². The second kappa shape index (κ2) is 17.3. The van der Waals surface area contributed by atoms with E-state index in [0.717, 1.165) is 73.4 Å². The Labute approximate surface area is 381 Å². The quantitative estimate of drug-likeness (QED) is 0.123. The average Bonchev–Trinajstić information content (AvgIpc) is 3.77. The van der Waals surface area contributed by atoms with Crippen LogP contribution in [0.4, 0.5) is 4.39 Å². The summed E-state index contributed by atoms with van der Waals surface area (Å²) >= 11 is -1.95. The van der Waals surface area contributed by atoms with Crippen LogP contribution in [0, 0.1) is 51.6 Å². The zero-order valence-corrected chi connectivity index (χ0v) is 42.4. The first-order chi connectivity index (χ1) is 28.9. The Balaban J connectivity index is 0.000000223. The molecule has 0 atom stereocenters. The van der Waals surface area contributed by atoms with Crippen LogP contribution in [0.1, 0.15) is 68.1 Å². The predicted molar refractivity (Wildman–Crippen MR) is 256 cm³/mol. The van der Waals surface area contributed by atoms with Crippen LogP contribution in [-0.4, -0.2) is 32.8 Å². The zero-order valence-electron chi connectivity index (χ0n) is 37.9. The molecule has 5 aromatic carbocycles. The molecule has 5 nitrogen and oxygen atoms in total. The minimum absolute atomic E-state index is 0. The van der Waals surface area contributed by atoms with Crippen LogP contribution < -0.4 is 4.40 Å². The molecule has 9 aromatic rings. The van der Waals surface area contributed by atoms with Gasteiger partial charge in [-0.3, -0.25) is 4.98 Å². The van der Waals surface area contributed by atoms with Crippen molar-refractivity contribution in [3.8, 4) is 28.3 Å². The van der Waals surface area contributed by atoms with Crippen LogP contribution in [0.3, 0.4) is 0 Å². The third-order valence-corrected chi connectivity index (χ3v) is 15.8. The fourth-order valence-corrected chi connectivity index (χ4v) is 12.0. The van der Waals surface area contributed by atoms with E-state index in [4.69, 9.17) is 14.4 Å². The van der Waals surface area contributed by atoms with E-state index in [1.54, 1.807) is 6.07 Å². The number of nitrogens with zero attached hydrogens (tertiary/aromatic N) is 4. The summed E-state index contributed by atoms with van der Waals surface area (Å²) in [5, 5.41) is 4.44. The first kappa shape index (κ1) is 45.1. The maximum absolute atomic E-state index is 13.4. The molecule has 4 aromatic heterocycles. The number of hydrogen-bond donors (Lipinski definition) is 0. The summed E-state index contributed by atoms with van der Waals surface area (Å²) in [6.45, 7) is 19.6. The Bertz CT molecular complexity index is 3110. The minimum Gasteiger partial charge on any atom is -0.486 e. The Hall–Kier alpha value is -4.95. The molecule has 0 aliphatic carbocycles. The number of imidazole rings is 1. The van der Waals surface area contributed by atoms with Gasteiger partial charge in [0.15, 0.2) is 0 Å². The van der Waals surface area contributed by atoms with Crippen LogP contribution in [-0.2, 0) is 31.9 Å². The molecule has 0 spiro atoms. The molecular formula is C54H55FGeIrN4O-2. The van der Waals surface area contributed by atoms with Crippen LogP contribution in [0.25, 0.3) is 72.2 Å². The summed E-state index contributed by atoms with van der Waals surface area (Å²) in [6, 6.07) is 36.9. The van der Waals surface area contributed by atoms with Gasteiger partial charge in [0.2, 0.25) is 5.71 Å². The number of furan rings is 1. The van der Waals surface area contributed by atoms with E-state index in [1.807, 2.05) is 6.20 Å². The van der Waals surface area contributed by atoms with Gasteiger partial charge in [0.25, 0.3) is 0 Å². The minimum atomic E-state index is -1.95. The van der Waals surface area contributed by atoms with Crippen LogP contribution in [0.5, 0.6) is 0 Å². The molecule has 0 saturated heterocycles. The van der Waals surface area contributed by atoms with Crippen molar-refractivity contribution >= 4 is 61.5 Å². The van der Waals surface area contributed by atoms with Crippen molar-refractivity contribution in [2.45, 2.75) is 91.4 Å². The summed E-state index contributed by atoms with van der Waals surface area (Å²) in [5.41, 5.74) is 14.1. The van der Waals surface area contributed by atoms with Crippen molar-refractivity contribution in [1.29, 1.82) is 0 Å². The molecular weight excluding hydrogens is 1000 g/mol. The Morgan fingerprint density at radius 3 is 2.23 bits per heavy atom. The van der Waals surface area contributed by atoms with Crippen LogP contribution in [0.15, 0.2) is 102 Å². The molecule has 0 amide bonds. The number of fused-ring (bicyclic) bond motifs is 6. The molecule has 0 unspecified atom stereocenters. The van der Waals surface area contributed by atoms with E-state index in [0.29, 0.717) is 11.6 Å². The van der Waals surface area contributed by atoms with E-state index < -0.39 is 13.3 Å². The number of halogens is 1. The number of aryl methyl sites for hydroxylation is 4. The van der Waals surface area contributed by atoms with E-state index in [2.05, 4.69) is 174 Å². The fourth-order valence-electron chi connectivity index (χ4n) is 8.71. The van der Waals surface area contributed by atoms with Gasteiger partial charge < -0.3 is 8.98 Å². The van der Waals surface area contributed by atoms with Gasteiger partial charge in [-0.1, -0.05) is 86.7 Å². The molecule has 0 fully saturated rings. The average molecular weight is 1060 g/mol. The van der Waals surface area contributed by atoms with Crippen molar-refractivity contribution in [2.75, 3.05) is 0 Å². The number of benzene rings is 5. The van der Waals surface area contributed by atoms with Gasteiger partial charge in [0.1, 0.15) is 0 Å². The molecule has 4 heterocycles. The van der Waals surface area contributed by atoms with Gasteiger partial charge in [-0.25, -0.2) is 4.98 Å². The van der Waals surface area contributed by atoms with Gasteiger partial charge in [-0.05, 0) is 55.5 Å². The maximum atomic E-state index is 13.4. The summed E-state index contributed by atoms with van der Waals surface area (Å²) < 4.78 is 23.8. The molecule has 0 bridgehead atoms.